The third-order valence-electron chi connectivity index (χ3n) is 4.07. The first kappa shape index (κ1) is 28.7. The van der Waals surface area contributed by atoms with Crippen molar-refractivity contribution < 1.29 is 19.1 Å². The molecule has 2 N–H and O–H groups in total. The first-order valence-electron chi connectivity index (χ1n) is 9.45. The number of benzene rings is 2. The minimum absolute atomic E-state index is 0.157. The van der Waals surface area contributed by atoms with Gasteiger partial charge in [0.2, 0.25) is 11.8 Å². The van der Waals surface area contributed by atoms with Gasteiger partial charge in [0.05, 0.1) is 37.1 Å². The van der Waals surface area contributed by atoms with Crippen LogP contribution in [0, 0.1) is 0 Å². The van der Waals surface area contributed by atoms with Gasteiger partial charge in [0, 0.05) is 17.9 Å². The van der Waals surface area contributed by atoms with Crippen molar-refractivity contribution in [3.8, 4) is 11.5 Å². The lowest BCUT2D eigenvalue weighted by molar-refractivity contribution is -0.114. The lowest BCUT2D eigenvalue weighted by Gasteiger charge is -2.11. The van der Waals surface area contributed by atoms with Crippen LogP contribution < -0.4 is 20.1 Å². The first-order valence-corrected chi connectivity index (χ1v) is 15.4. The van der Waals surface area contributed by atoms with Crippen LogP contribution in [0.2, 0.25) is 0 Å². The molecule has 0 atom stereocenters. The van der Waals surface area contributed by atoms with Crippen LogP contribution in [0.4, 0.5) is 11.4 Å². The van der Waals surface area contributed by atoms with Gasteiger partial charge in [-0.1, -0.05) is 34.9 Å². The van der Waals surface area contributed by atoms with Gasteiger partial charge in [0.1, 0.15) is 11.5 Å². The van der Waals surface area contributed by atoms with Gasteiger partial charge in [-0.2, -0.15) is 0 Å². The number of nitrogens with zero attached hydrogens (tertiary/aromatic N) is 2. The van der Waals surface area contributed by atoms with E-state index in [1.54, 1.807) is 38.5 Å². The molecule has 0 unspecified atom stereocenters. The van der Waals surface area contributed by atoms with E-state index in [1.807, 2.05) is 0 Å². The summed E-state index contributed by atoms with van der Waals surface area (Å²) >= 11 is 17.6. The van der Waals surface area contributed by atoms with E-state index >= 15 is 0 Å². The Morgan fingerprint density at radius 3 is 1.43 bits per heavy atom. The summed E-state index contributed by atoms with van der Waals surface area (Å²) < 4.78 is 14.5. The van der Waals surface area contributed by atoms with Crippen molar-refractivity contribution >= 4 is 122 Å². The normalized spacial score (nSPS) is 10.7. The number of nitrogens with one attached hydrogen (secondary N) is 2. The number of hydrogen-bond donors (Lipinski definition) is 2. The van der Waals surface area contributed by atoms with E-state index in [9.17, 15) is 9.59 Å². The summed E-state index contributed by atoms with van der Waals surface area (Å²) in [6, 6.07) is 7.07. The maximum absolute atomic E-state index is 12.4. The van der Waals surface area contributed by atoms with Gasteiger partial charge in [0.15, 0.2) is 8.68 Å². The molecule has 0 radical (unpaired) electrons. The highest BCUT2D eigenvalue weighted by Gasteiger charge is 2.15. The molecule has 2 amide bonds. The number of anilines is 2. The fourth-order valence-corrected chi connectivity index (χ4v) is 7.80. The van der Waals surface area contributed by atoms with Crippen LogP contribution in [0.3, 0.4) is 0 Å². The van der Waals surface area contributed by atoms with Crippen LogP contribution in [0.1, 0.15) is 0 Å². The molecular weight excluding hydrogens is 776 g/mol. The molecule has 8 nitrogen and oxygen atoms in total. The fraction of sp³-hybridized carbons (Fsp3) is 0.200. The SMILES string of the molecule is COc1cc(Br)c(NC(=O)CSc2nnc(SCC(=O)Nc3c(Br)cc(OC)cc3Br)s2)c(Br)c1. The number of rotatable bonds is 10. The molecule has 15 heteroatoms. The monoisotopic (exact) mass is 788 g/mol. The number of hydrogen-bond acceptors (Lipinski definition) is 9. The zero-order valence-electron chi connectivity index (χ0n) is 18.0. The average Bonchev–Trinajstić information content (AvgIpc) is 3.28. The molecule has 3 rings (SSSR count). The van der Waals surface area contributed by atoms with E-state index in [0.717, 1.165) is 0 Å². The highest BCUT2D eigenvalue weighted by molar-refractivity contribution is 9.11. The van der Waals surface area contributed by atoms with Gasteiger partial charge in [0.25, 0.3) is 0 Å². The van der Waals surface area contributed by atoms with Crippen LogP contribution >= 0.6 is 98.6 Å². The highest BCUT2D eigenvalue weighted by Crippen LogP contribution is 2.37. The van der Waals surface area contributed by atoms with Gasteiger partial charge in [-0.25, -0.2) is 0 Å². The second kappa shape index (κ2) is 13.6. The molecule has 0 aliphatic carbocycles. The summed E-state index contributed by atoms with van der Waals surface area (Å²) in [7, 11) is 3.15. The Hall–Kier alpha value is -0.840. The third kappa shape index (κ3) is 8.33. The third-order valence-corrected chi connectivity index (χ3v) is 9.76. The molecule has 186 valence electrons. The Balaban J connectivity index is 1.49. The van der Waals surface area contributed by atoms with E-state index in [0.29, 0.717) is 49.4 Å². The molecule has 35 heavy (non-hydrogen) atoms. The quantitative estimate of drug-likeness (QED) is 0.211. The lowest BCUT2D eigenvalue weighted by Crippen LogP contribution is -2.14. The molecule has 1 aromatic heterocycles. The molecule has 3 aromatic rings. The van der Waals surface area contributed by atoms with Crippen molar-refractivity contribution in [2.24, 2.45) is 0 Å². The smallest absolute Gasteiger partial charge is 0.234 e. The van der Waals surface area contributed by atoms with Gasteiger partial charge >= 0.3 is 0 Å². The Morgan fingerprint density at radius 1 is 0.771 bits per heavy atom. The summed E-state index contributed by atoms with van der Waals surface area (Å²) in [5.41, 5.74) is 1.23. The molecule has 0 bridgehead atoms. The van der Waals surface area contributed by atoms with Crippen molar-refractivity contribution in [2.45, 2.75) is 8.68 Å². The lowest BCUT2D eigenvalue weighted by atomic mass is 10.3. The summed E-state index contributed by atoms with van der Waals surface area (Å²) in [5.74, 6) is 1.25. The minimum Gasteiger partial charge on any atom is -0.497 e. The molecule has 0 saturated carbocycles. The minimum atomic E-state index is -0.194. The van der Waals surface area contributed by atoms with Gasteiger partial charge in [-0.3, -0.25) is 9.59 Å². The number of amides is 2. The topological polar surface area (TPSA) is 102 Å². The van der Waals surface area contributed by atoms with Gasteiger partial charge in [-0.05, 0) is 88.0 Å². The summed E-state index contributed by atoms with van der Waals surface area (Å²) in [5, 5.41) is 13.9. The molecule has 0 fully saturated rings. The average molecular weight is 792 g/mol. The molecule has 0 spiro atoms. The van der Waals surface area contributed by atoms with Crippen molar-refractivity contribution in [1.82, 2.24) is 10.2 Å². The van der Waals surface area contributed by atoms with Crippen molar-refractivity contribution in [1.29, 1.82) is 0 Å². The van der Waals surface area contributed by atoms with Crippen LogP contribution in [-0.4, -0.2) is 47.7 Å². The van der Waals surface area contributed by atoms with E-state index in [-0.39, 0.29) is 23.3 Å². The van der Waals surface area contributed by atoms with E-state index in [4.69, 9.17) is 9.47 Å². The standard InChI is InChI=1S/C20H16Br4N4O4S3/c1-31-9-3-11(21)17(12(22)4-9)25-15(29)7-33-19-27-28-20(35-19)34-8-16(30)26-18-13(23)5-10(32-2)6-14(18)24/h3-6H,7-8H2,1-2H3,(H,25,29)(H,26,30). The van der Waals surface area contributed by atoms with Crippen LogP contribution in [0.25, 0.3) is 0 Å². The van der Waals surface area contributed by atoms with Gasteiger partial charge in [-0.15, -0.1) is 10.2 Å². The Morgan fingerprint density at radius 2 is 1.11 bits per heavy atom. The predicted molar refractivity (Wildman–Crippen MR) is 155 cm³/mol. The molecule has 0 saturated heterocycles. The van der Waals surface area contributed by atoms with E-state index in [2.05, 4.69) is 84.6 Å². The molecule has 0 aliphatic rings. The number of methoxy groups -OCH3 is 2. The Kier molecular flexibility index (Phi) is 11.2. The number of carbonyl (C=O) groups is 2. The van der Waals surface area contributed by atoms with Crippen LogP contribution in [0.15, 0.2) is 50.8 Å². The molecule has 0 aliphatic heterocycles. The van der Waals surface area contributed by atoms with Crippen LogP contribution in [-0.2, 0) is 9.59 Å². The number of aromatic nitrogens is 2. The fourth-order valence-electron chi connectivity index (χ4n) is 2.49. The Bertz CT molecular complexity index is 1110. The Labute approximate surface area is 247 Å². The maximum Gasteiger partial charge on any atom is 0.234 e. The second-order valence-corrected chi connectivity index (χ2v) is 13.3. The van der Waals surface area contributed by atoms with Crippen molar-refractivity contribution in [2.75, 3.05) is 36.4 Å². The molecule has 2 aromatic carbocycles. The molecule has 1 heterocycles. The highest BCUT2D eigenvalue weighted by atomic mass is 79.9. The summed E-state index contributed by atoms with van der Waals surface area (Å²) in [6.45, 7) is 0. The predicted octanol–water partition coefficient (Wildman–Crippen LogP) is 7.07. The molecular formula is C20H16Br4N4O4S3. The maximum atomic E-state index is 12.4. The van der Waals surface area contributed by atoms with E-state index in [1.165, 1.54) is 34.9 Å². The first-order chi connectivity index (χ1) is 16.7. The van der Waals surface area contributed by atoms with Crippen LogP contribution in [0.5, 0.6) is 11.5 Å². The van der Waals surface area contributed by atoms with Crippen molar-refractivity contribution in [3.63, 3.8) is 0 Å². The van der Waals surface area contributed by atoms with E-state index < -0.39 is 0 Å². The summed E-state index contributed by atoms with van der Waals surface area (Å²) in [6.07, 6.45) is 0. The van der Waals surface area contributed by atoms with Gasteiger partial charge < -0.3 is 20.1 Å². The largest absolute Gasteiger partial charge is 0.497 e. The number of thioether (sulfide) groups is 2. The number of ether oxygens (including phenoxy) is 2. The summed E-state index contributed by atoms with van der Waals surface area (Å²) in [4.78, 5) is 24.8. The van der Waals surface area contributed by atoms with Crippen molar-refractivity contribution in [3.05, 3.63) is 42.2 Å². The zero-order chi connectivity index (χ0) is 25.5. The second-order valence-electron chi connectivity index (χ2n) is 6.44. The zero-order valence-corrected chi connectivity index (χ0v) is 26.8. The number of halogens is 4. The number of carbonyl (C=O) groups excluding carboxylic acids is 2.